The molecule has 2 heterocycles. The molecule has 1 aliphatic heterocycles. The zero-order valence-corrected chi connectivity index (χ0v) is 10.4. The molecule has 1 saturated heterocycles. The van der Waals surface area contributed by atoms with Gasteiger partial charge in [-0.2, -0.15) is 4.98 Å². The number of nitrogens with one attached hydrogen (secondary N) is 2. The molecule has 0 saturated carbocycles. The molecule has 104 valence electrons. The maximum Gasteiger partial charge on any atom is 0.315 e. The van der Waals surface area contributed by atoms with E-state index in [9.17, 15) is 9.59 Å². The summed E-state index contributed by atoms with van der Waals surface area (Å²) in [6.07, 6.45) is 0. The van der Waals surface area contributed by atoms with Crippen molar-refractivity contribution >= 4 is 11.8 Å². The smallest absolute Gasteiger partial charge is 0.315 e. The normalized spacial score (nSPS) is 23.0. The van der Waals surface area contributed by atoms with E-state index < -0.39 is 11.5 Å². The molecule has 0 aromatic carbocycles. The first-order valence-electron chi connectivity index (χ1n) is 5.77. The molecule has 2 amide bonds. The molecule has 9 nitrogen and oxygen atoms in total. The minimum Gasteiger partial charge on any atom is -0.363 e. The van der Waals surface area contributed by atoms with Crippen LogP contribution in [0.5, 0.6) is 0 Å². The van der Waals surface area contributed by atoms with Crippen LogP contribution in [0.2, 0.25) is 0 Å². The van der Waals surface area contributed by atoms with Crippen LogP contribution in [0.15, 0.2) is 4.52 Å². The van der Waals surface area contributed by atoms with Gasteiger partial charge < -0.3 is 25.6 Å². The third kappa shape index (κ3) is 3.06. The Kier molecular flexibility index (Phi) is 3.76. The molecule has 1 fully saturated rings. The summed E-state index contributed by atoms with van der Waals surface area (Å²) in [5.74, 6) is -1.21. The Morgan fingerprint density at radius 1 is 1.58 bits per heavy atom. The SMILES string of the molecule is C[C@@]1(C(=O)NCc2noc(C(N)=O)n2)CNCCO1. The van der Waals surface area contributed by atoms with E-state index in [2.05, 4.69) is 25.3 Å². The van der Waals surface area contributed by atoms with E-state index in [4.69, 9.17) is 10.5 Å². The molecule has 0 unspecified atom stereocenters. The Hall–Kier alpha value is -2.00. The number of hydrogen-bond donors (Lipinski definition) is 3. The molecule has 1 aromatic rings. The van der Waals surface area contributed by atoms with Crippen LogP contribution in [0.4, 0.5) is 0 Å². The van der Waals surface area contributed by atoms with Crippen LogP contribution in [-0.4, -0.2) is 47.3 Å². The molecular formula is C10H15N5O4. The molecule has 0 bridgehead atoms. The van der Waals surface area contributed by atoms with E-state index in [-0.39, 0.29) is 24.2 Å². The van der Waals surface area contributed by atoms with Crippen LogP contribution in [0, 0.1) is 0 Å². The highest BCUT2D eigenvalue weighted by Crippen LogP contribution is 2.12. The molecule has 1 aliphatic rings. The number of hydrogen-bond acceptors (Lipinski definition) is 7. The number of aromatic nitrogens is 2. The predicted molar refractivity (Wildman–Crippen MR) is 61.9 cm³/mol. The fraction of sp³-hybridized carbons (Fsp3) is 0.600. The van der Waals surface area contributed by atoms with E-state index in [1.165, 1.54) is 0 Å². The van der Waals surface area contributed by atoms with Gasteiger partial charge in [-0.15, -0.1) is 0 Å². The van der Waals surface area contributed by atoms with Crippen molar-refractivity contribution in [2.24, 2.45) is 5.73 Å². The molecule has 9 heteroatoms. The third-order valence-electron chi connectivity index (χ3n) is 2.73. The average Bonchev–Trinajstić information content (AvgIpc) is 2.85. The van der Waals surface area contributed by atoms with Crippen LogP contribution in [0.1, 0.15) is 23.4 Å². The van der Waals surface area contributed by atoms with Crippen molar-refractivity contribution < 1.29 is 18.8 Å². The molecule has 0 radical (unpaired) electrons. The number of primary amides is 1. The molecule has 19 heavy (non-hydrogen) atoms. The molecule has 0 aliphatic carbocycles. The number of carbonyl (C=O) groups excluding carboxylic acids is 2. The van der Waals surface area contributed by atoms with Gasteiger partial charge in [-0.1, -0.05) is 5.16 Å². The van der Waals surface area contributed by atoms with Crippen LogP contribution >= 0.6 is 0 Å². The van der Waals surface area contributed by atoms with Crippen molar-refractivity contribution in [1.29, 1.82) is 0 Å². The average molecular weight is 269 g/mol. The summed E-state index contributed by atoms with van der Waals surface area (Å²) in [5, 5.41) is 9.22. The quantitative estimate of drug-likeness (QED) is 0.585. The summed E-state index contributed by atoms with van der Waals surface area (Å²) in [7, 11) is 0. The van der Waals surface area contributed by atoms with Crippen molar-refractivity contribution in [2.45, 2.75) is 19.1 Å². The lowest BCUT2D eigenvalue weighted by Crippen LogP contribution is -2.56. The fourth-order valence-electron chi connectivity index (χ4n) is 1.64. The second kappa shape index (κ2) is 5.33. The lowest BCUT2D eigenvalue weighted by atomic mass is 10.0. The number of ether oxygens (including phenoxy) is 1. The van der Waals surface area contributed by atoms with Gasteiger partial charge in [0.25, 0.3) is 5.91 Å². The molecule has 1 aromatic heterocycles. The van der Waals surface area contributed by atoms with Gasteiger partial charge in [-0.05, 0) is 6.92 Å². The lowest BCUT2D eigenvalue weighted by molar-refractivity contribution is -0.148. The largest absolute Gasteiger partial charge is 0.363 e. The monoisotopic (exact) mass is 269 g/mol. The Labute approximate surface area is 108 Å². The maximum absolute atomic E-state index is 12.0. The summed E-state index contributed by atoms with van der Waals surface area (Å²) in [6.45, 7) is 3.35. The van der Waals surface area contributed by atoms with E-state index >= 15 is 0 Å². The zero-order valence-electron chi connectivity index (χ0n) is 10.4. The van der Waals surface area contributed by atoms with Crippen molar-refractivity contribution in [3.8, 4) is 0 Å². The van der Waals surface area contributed by atoms with Crippen molar-refractivity contribution in [3.05, 3.63) is 11.7 Å². The second-order valence-corrected chi connectivity index (χ2v) is 4.32. The van der Waals surface area contributed by atoms with Crippen molar-refractivity contribution in [1.82, 2.24) is 20.8 Å². The lowest BCUT2D eigenvalue weighted by Gasteiger charge is -2.32. The molecule has 0 spiro atoms. The van der Waals surface area contributed by atoms with Crippen molar-refractivity contribution in [3.63, 3.8) is 0 Å². The number of rotatable bonds is 4. The third-order valence-corrected chi connectivity index (χ3v) is 2.73. The van der Waals surface area contributed by atoms with Gasteiger partial charge in [0.15, 0.2) is 11.4 Å². The van der Waals surface area contributed by atoms with Crippen LogP contribution < -0.4 is 16.4 Å². The highest BCUT2D eigenvalue weighted by Gasteiger charge is 2.36. The summed E-state index contributed by atoms with van der Waals surface area (Å²) in [4.78, 5) is 26.5. The Morgan fingerprint density at radius 2 is 2.37 bits per heavy atom. The number of nitrogens with zero attached hydrogens (tertiary/aromatic N) is 2. The van der Waals surface area contributed by atoms with Gasteiger partial charge in [0.05, 0.1) is 13.2 Å². The molecule has 2 rings (SSSR count). The predicted octanol–water partition coefficient (Wildman–Crippen LogP) is -1.84. The fourth-order valence-corrected chi connectivity index (χ4v) is 1.64. The maximum atomic E-state index is 12.0. The summed E-state index contributed by atoms with van der Waals surface area (Å²) in [5.41, 5.74) is 4.05. The van der Waals surface area contributed by atoms with Gasteiger partial charge in [0, 0.05) is 13.1 Å². The standard InChI is InChI=1S/C10H15N5O4/c1-10(5-12-2-3-18-10)9(17)13-4-6-14-8(7(11)16)19-15-6/h12H,2-5H2,1H3,(H2,11,16)(H,13,17)/t10-/m0/s1. The number of nitrogens with two attached hydrogens (primary N) is 1. The van der Waals surface area contributed by atoms with Crippen molar-refractivity contribution in [2.75, 3.05) is 19.7 Å². The number of amides is 2. The Balaban J connectivity index is 1.90. The van der Waals surface area contributed by atoms with E-state index in [0.717, 1.165) is 6.54 Å². The second-order valence-electron chi connectivity index (χ2n) is 4.32. The summed E-state index contributed by atoms with van der Waals surface area (Å²) < 4.78 is 10.0. The van der Waals surface area contributed by atoms with Gasteiger partial charge in [0.2, 0.25) is 0 Å². The highest BCUT2D eigenvalue weighted by molar-refractivity contribution is 5.87. The van der Waals surface area contributed by atoms with Crippen LogP contribution in [-0.2, 0) is 16.1 Å². The number of carbonyl (C=O) groups is 2. The number of morpholine rings is 1. The molecular weight excluding hydrogens is 254 g/mol. The van der Waals surface area contributed by atoms with Crippen LogP contribution in [0.3, 0.4) is 0 Å². The molecule has 4 N–H and O–H groups in total. The van der Waals surface area contributed by atoms with Gasteiger partial charge in [0.1, 0.15) is 0 Å². The summed E-state index contributed by atoms with van der Waals surface area (Å²) >= 11 is 0. The summed E-state index contributed by atoms with van der Waals surface area (Å²) in [6, 6.07) is 0. The molecule has 1 atom stereocenters. The first kappa shape index (κ1) is 13.4. The first-order valence-corrected chi connectivity index (χ1v) is 5.77. The topological polar surface area (TPSA) is 132 Å². The van der Waals surface area contributed by atoms with Gasteiger partial charge in [-0.25, -0.2) is 0 Å². The Bertz CT molecular complexity index is 480. The Morgan fingerprint density at radius 3 is 2.95 bits per heavy atom. The van der Waals surface area contributed by atoms with E-state index in [0.29, 0.717) is 13.2 Å². The van der Waals surface area contributed by atoms with Crippen LogP contribution in [0.25, 0.3) is 0 Å². The van der Waals surface area contributed by atoms with Gasteiger partial charge in [-0.3, -0.25) is 9.59 Å². The first-order chi connectivity index (χ1) is 9.01. The van der Waals surface area contributed by atoms with E-state index in [1.54, 1.807) is 6.92 Å². The minimum atomic E-state index is -0.922. The minimum absolute atomic E-state index is 0.0363. The van der Waals surface area contributed by atoms with E-state index in [1.807, 2.05) is 0 Å². The highest BCUT2D eigenvalue weighted by atomic mass is 16.5. The van der Waals surface area contributed by atoms with Gasteiger partial charge >= 0.3 is 11.8 Å². The zero-order chi connectivity index (χ0) is 13.9.